The topological polar surface area (TPSA) is 6.48 Å². The summed E-state index contributed by atoms with van der Waals surface area (Å²) < 4.78 is 0. The van der Waals surface area contributed by atoms with E-state index in [1.165, 1.54) is 57.3 Å². The summed E-state index contributed by atoms with van der Waals surface area (Å²) in [5.41, 5.74) is 2.04. The van der Waals surface area contributed by atoms with Crippen molar-refractivity contribution in [1.82, 2.24) is 9.80 Å². The number of nitrogens with zero attached hydrogens (tertiary/aromatic N) is 2. The maximum absolute atomic E-state index is 2.65. The predicted molar refractivity (Wildman–Crippen MR) is 78.0 cm³/mol. The van der Waals surface area contributed by atoms with Crippen LogP contribution >= 0.6 is 11.3 Å². The zero-order chi connectivity index (χ0) is 12.4. The van der Waals surface area contributed by atoms with Crippen LogP contribution in [-0.2, 0) is 6.54 Å². The van der Waals surface area contributed by atoms with E-state index in [0.717, 1.165) is 6.54 Å². The monoisotopic (exact) mass is 264 g/mol. The Morgan fingerprint density at radius 2 is 2.00 bits per heavy atom. The Balaban J connectivity index is 1.57. The van der Waals surface area contributed by atoms with Crippen molar-refractivity contribution < 1.29 is 0 Å². The largest absolute Gasteiger partial charge is 0.301 e. The lowest BCUT2D eigenvalue weighted by Gasteiger charge is -2.50. The highest BCUT2D eigenvalue weighted by molar-refractivity contribution is 7.07. The molecule has 0 amide bonds. The van der Waals surface area contributed by atoms with Crippen molar-refractivity contribution in [1.29, 1.82) is 0 Å². The third-order valence-electron chi connectivity index (χ3n) is 4.97. The summed E-state index contributed by atoms with van der Waals surface area (Å²) in [6, 6.07) is 2.27. The summed E-state index contributed by atoms with van der Waals surface area (Å²) >= 11 is 1.82. The molecule has 2 aliphatic heterocycles. The van der Waals surface area contributed by atoms with Crippen molar-refractivity contribution in [2.45, 2.75) is 44.2 Å². The standard InChI is InChI=1S/C15H24N2S/c1-16-8-3-2-5-15(16)6-9-17(10-7-15)12-14-4-11-18-13-14/h4,11,13H,2-3,5-10,12H2,1H3. The summed E-state index contributed by atoms with van der Waals surface area (Å²) in [7, 11) is 2.34. The second-order valence-electron chi connectivity index (χ2n) is 6.01. The van der Waals surface area contributed by atoms with Gasteiger partial charge in [0.2, 0.25) is 0 Å². The SMILES string of the molecule is CN1CCCCC12CCN(Cc1ccsc1)CC2. The maximum atomic E-state index is 2.65. The average molecular weight is 264 g/mol. The molecule has 18 heavy (non-hydrogen) atoms. The molecule has 0 aliphatic carbocycles. The molecule has 0 saturated carbocycles. The van der Waals surface area contributed by atoms with Crippen molar-refractivity contribution in [2.75, 3.05) is 26.7 Å². The van der Waals surface area contributed by atoms with Gasteiger partial charge in [-0.3, -0.25) is 4.90 Å². The van der Waals surface area contributed by atoms with E-state index in [-0.39, 0.29) is 0 Å². The van der Waals surface area contributed by atoms with Gasteiger partial charge in [-0.15, -0.1) is 0 Å². The van der Waals surface area contributed by atoms with Gasteiger partial charge < -0.3 is 4.90 Å². The minimum atomic E-state index is 0.545. The quantitative estimate of drug-likeness (QED) is 0.809. The molecule has 2 nitrogen and oxygen atoms in total. The Labute approximate surface area is 115 Å². The van der Waals surface area contributed by atoms with Crippen molar-refractivity contribution in [2.24, 2.45) is 0 Å². The van der Waals surface area contributed by atoms with Gasteiger partial charge in [-0.25, -0.2) is 0 Å². The zero-order valence-electron chi connectivity index (χ0n) is 11.4. The van der Waals surface area contributed by atoms with Crippen LogP contribution in [0.3, 0.4) is 0 Å². The first kappa shape index (κ1) is 12.6. The van der Waals surface area contributed by atoms with Gasteiger partial charge in [0.05, 0.1) is 0 Å². The fourth-order valence-corrected chi connectivity index (χ4v) is 4.29. The smallest absolute Gasteiger partial charge is 0.0242 e. The molecule has 100 valence electrons. The fourth-order valence-electron chi connectivity index (χ4n) is 3.63. The highest BCUT2D eigenvalue weighted by Gasteiger charge is 2.39. The van der Waals surface area contributed by atoms with Crippen molar-refractivity contribution in [3.05, 3.63) is 22.4 Å². The van der Waals surface area contributed by atoms with Gasteiger partial charge >= 0.3 is 0 Å². The first-order valence-electron chi connectivity index (χ1n) is 7.23. The molecular formula is C15H24N2S. The number of hydrogen-bond acceptors (Lipinski definition) is 3. The molecule has 3 heterocycles. The van der Waals surface area contributed by atoms with Gasteiger partial charge in [0.15, 0.2) is 0 Å². The van der Waals surface area contributed by atoms with E-state index in [9.17, 15) is 0 Å². The van der Waals surface area contributed by atoms with E-state index in [0.29, 0.717) is 5.54 Å². The van der Waals surface area contributed by atoms with Gasteiger partial charge in [0, 0.05) is 25.2 Å². The number of likely N-dealkylation sites (tertiary alicyclic amines) is 2. The molecule has 2 fully saturated rings. The van der Waals surface area contributed by atoms with E-state index in [1.807, 2.05) is 11.3 Å². The molecule has 1 aromatic heterocycles. The predicted octanol–water partition coefficient (Wildman–Crippen LogP) is 3.20. The molecular weight excluding hydrogens is 240 g/mol. The van der Waals surface area contributed by atoms with Gasteiger partial charge in [-0.2, -0.15) is 11.3 Å². The zero-order valence-corrected chi connectivity index (χ0v) is 12.2. The minimum absolute atomic E-state index is 0.545. The van der Waals surface area contributed by atoms with Crippen LogP contribution in [0.1, 0.15) is 37.7 Å². The molecule has 0 atom stereocenters. The summed E-state index contributed by atoms with van der Waals surface area (Å²) in [6.45, 7) is 5.02. The van der Waals surface area contributed by atoms with Gasteiger partial charge in [0.25, 0.3) is 0 Å². The molecule has 0 bridgehead atoms. The number of piperidine rings is 2. The fraction of sp³-hybridized carbons (Fsp3) is 0.733. The first-order chi connectivity index (χ1) is 8.78. The molecule has 2 aliphatic rings. The summed E-state index contributed by atoms with van der Waals surface area (Å²) in [5, 5.41) is 4.48. The normalized spacial score (nSPS) is 25.6. The van der Waals surface area contributed by atoms with Crippen molar-refractivity contribution in [3.63, 3.8) is 0 Å². The highest BCUT2D eigenvalue weighted by atomic mass is 32.1. The molecule has 1 aromatic rings. The van der Waals surface area contributed by atoms with Gasteiger partial charge in [-0.05, 0) is 61.7 Å². The Morgan fingerprint density at radius 1 is 1.17 bits per heavy atom. The number of hydrogen-bond donors (Lipinski definition) is 0. The third kappa shape index (κ3) is 2.49. The van der Waals surface area contributed by atoms with Crippen LogP contribution in [0.25, 0.3) is 0 Å². The minimum Gasteiger partial charge on any atom is -0.301 e. The maximum Gasteiger partial charge on any atom is 0.0242 e. The highest BCUT2D eigenvalue weighted by Crippen LogP contribution is 2.36. The lowest BCUT2D eigenvalue weighted by Crippen LogP contribution is -2.55. The lowest BCUT2D eigenvalue weighted by molar-refractivity contribution is 0.00822. The Bertz CT molecular complexity index is 366. The van der Waals surface area contributed by atoms with Crippen LogP contribution < -0.4 is 0 Å². The Hall–Kier alpha value is -0.380. The van der Waals surface area contributed by atoms with E-state index >= 15 is 0 Å². The van der Waals surface area contributed by atoms with E-state index < -0.39 is 0 Å². The van der Waals surface area contributed by atoms with Crippen molar-refractivity contribution >= 4 is 11.3 Å². The van der Waals surface area contributed by atoms with Crippen LogP contribution in [-0.4, -0.2) is 42.0 Å². The lowest BCUT2D eigenvalue weighted by atomic mass is 9.79. The van der Waals surface area contributed by atoms with Crippen LogP contribution in [0.2, 0.25) is 0 Å². The molecule has 3 rings (SSSR count). The number of rotatable bonds is 2. The van der Waals surface area contributed by atoms with Crippen LogP contribution in [0.15, 0.2) is 16.8 Å². The first-order valence-corrected chi connectivity index (χ1v) is 8.17. The van der Waals surface area contributed by atoms with Crippen molar-refractivity contribution in [3.8, 4) is 0 Å². The second-order valence-corrected chi connectivity index (χ2v) is 6.79. The Morgan fingerprint density at radius 3 is 2.67 bits per heavy atom. The molecule has 0 unspecified atom stereocenters. The van der Waals surface area contributed by atoms with Crippen LogP contribution in [0.4, 0.5) is 0 Å². The molecule has 0 aromatic carbocycles. The number of thiophene rings is 1. The molecule has 0 radical (unpaired) electrons. The van der Waals surface area contributed by atoms with Gasteiger partial charge in [-0.1, -0.05) is 6.42 Å². The summed E-state index contributed by atoms with van der Waals surface area (Å²) in [5.74, 6) is 0. The van der Waals surface area contributed by atoms with E-state index in [4.69, 9.17) is 0 Å². The van der Waals surface area contributed by atoms with Crippen LogP contribution in [0, 0.1) is 0 Å². The molecule has 1 spiro atoms. The molecule has 0 N–H and O–H groups in total. The summed E-state index contributed by atoms with van der Waals surface area (Å²) in [4.78, 5) is 5.29. The average Bonchev–Trinajstić information content (AvgIpc) is 2.89. The third-order valence-corrected chi connectivity index (χ3v) is 5.70. The molecule has 2 saturated heterocycles. The Kier molecular flexibility index (Phi) is 3.73. The molecule has 3 heteroatoms. The van der Waals surface area contributed by atoms with E-state index in [2.05, 4.69) is 33.7 Å². The summed E-state index contributed by atoms with van der Waals surface area (Å²) in [6.07, 6.45) is 7.00. The van der Waals surface area contributed by atoms with Crippen LogP contribution in [0.5, 0.6) is 0 Å². The second kappa shape index (κ2) is 5.32. The van der Waals surface area contributed by atoms with Gasteiger partial charge in [0.1, 0.15) is 0 Å². The van der Waals surface area contributed by atoms with E-state index in [1.54, 1.807) is 0 Å².